The van der Waals surface area contributed by atoms with Crippen LogP contribution in [-0.4, -0.2) is 23.6 Å². The average Bonchev–Trinajstić information content (AvgIpc) is 2.79. The maximum Gasteiger partial charge on any atom is 0.239 e. The molecule has 4 nitrogen and oxygen atoms in total. The molecule has 2 rings (SSSR count). The SMILES string of the molecule is CCCNC(=O)Cn1ccc2cc(OCC)ccc21. The van der Waals surface area contributed by atoms with E-state index in [1.165, 1.54) is 0 Å². The summed E-state index contributed by atoms with van der Waals surface area (Å²) in [7, 11) is 0. The van der Waals surface area contributed by atoms with E-state index in [0.717, 1.165) is 29.6 Å². The number of ether oxygens (including phenoxy) is 1. The Morgan fingerprint density at radius 1 is 1.32 bits per heavy atom. The highest BCUT2D eigenvalue weighted by atomic mass is 16.5. The number of hydrogen-bond donors (Lipinski definition) is 1. The van der Waals surface area contributed by atoms with Crippen molar-refractivity contribution in [1.82, 2.24) is 9.88 Å². The summed E-state index contributed by atoms with van der Waals surface area (Å²) in [6, 6.07) is 7.93. The molecule has 0 atom stereocenters. The van der Waals surface area contributed by atoms with Crippen molar-refractivity contribution in [1.29, 1.82) is 0 Å². The highest BCUT2D eigenvalue weighted by Gasteiger charge is 2.06. The first-order valence-corrected chi connectivity index (χ1v) is 6.73. The molecule has 1 amide bonds. The van der Waals surface area contributed by atoms with Gasteiger partial charge in [0, 0.05) is 23.6 Å². The number of benzene rings is 1. The van der Waals surface area contributed by atoms with Gasteiger partial charge in [0.2, 0.25) is 5.91 Å². The van der Waals surface area contributed by atoms with Crippen LogP contribution in [0.2, 0.25) is 0 Å². The number of nitrogens with zero attached hydrogens (tertiary/aromatic N) is 1. The molecule has 0 radical (unpaired) electrons. The van der Waals surface area contributed by atoms with Crippen LogP contribution in [0.1, 0.15) is 20.3 Å². The molecule has 19 heavy (non-hydrogen) atoms. The summed E-state index contributed by atoms with van der Waals surface area (Å²) in [5.41, 5.74) is 1.05. The number of nitrogens with one attached hydrogen (secondary N) is 1. The van der Waals surface area contributed by atoms with E-state index in [-0.39, 0.29) is 5.91 Å². The Balaban J connectivity index is 2.14. The van der Waals surface area contributed by atoms with Crippen molar-refractivity contribution in [2.24, 2.45) is 0 Å². The summed E-state index contributed by atoms with van der Waals surface area (Å²) in [6.07, 6.45) is 2.89. The fraction of sp³-hybridized carbons (Fsp3) is 0.400. The van der Waals surface area contributed by atoms with Gasteiger partial charge in [-0.05, 0) is 37.6 Å². The van der Waals surface area contributed by atoms with Crippen molar-refractivity contribution in [2.45, 2.75) is 26.8 Å². The van der Waals surface area contributed by atoms with Crippen LogP contribution in [0.4, 0.5) is 0 Å². The Hall–Kier alpha value is -1.97. The van der Waals surface area contributed by atoms with Crippen molar-refractivity contribution < 1.29 is 9.53 Å². The second-order valence-corrected chi connectivity index (χ2v) is 4.45. The normalized spacial score (nSPS) is 10.6. The van der Waals surface area contributed by atoms with Gasteiger partial charge in [-0.2, -0.15) is 0 Å². The topological polar surface area (TPSA) is 43.3 Å². The van der Waals surface area contributed by atoms with Crippen molar-refractivity contribution in [3.05, 3.63) is 30.5 Å². The maximum atomic E-state index is 11.7. The number of amides is 1. The molecule has 0 aliphatic heterocycles. The van der Waals surface area contributed by atoms with Crippen molar-refractivity contribution in [3.63, 3.8) is 0 Å². The van der Waals surface area contributed by atoms with E-state index in [2.05, 4.69) is 5.32 Å². The Kier molecular flexibility index (Phi) is 4.44. The van der Waals surface area contributed by atoms with Crippen LogP contribution in [0.5, 0.6) is 5.75 Å². The Morgan fingerprint density at radius 3 is 2.89 bits per heavy atom. The van der Waals surface area contributed by atoms with Crippen LogP contribution in [0.15, 0.2) is 30.5 Å². The smallest absolute Gasteiger partial charge is 0.239 e. The van der Waals surface area contributed by atoms with E-state index in [9.17, 15) is 4.79 Å². The fourth-order valence-corrected chi connectivity index (χ4v) is 2.05. The van der Waals surface area contributed by atoms with Gasteiger partial charge in [0.1, 0.15) is 12.3 Å². The number of carbonyl (C=O) groups excluding carboxylic acids is 1. The molecule has 0 spiro atoms. The molecular weight excluding hydrogens is 240 g/mol. The van der Waals surface area contributed by atoms with Crippen molar-refractivity contribution in [3.8, 4) is 5.75 Å². The number of rotatable bonds is 6. The molecule has 1 aromatic heterocycles. The summed E-state index contributed by atoms with van der Waals surface area (Å²) in [5.74, 6) is 0.913. The second kappa shape index (κ2) is 6.27. The van der Waals surface area contributed by atoms with Crippen LogP contribution in [0.25, 0.3) is 10.9 Å². The lowest BCUT2D eigenvalue weighted by atomic mass is 10.2. The minimum Gasteiger partial charge on any atom is -0.494 e. The minimum absolute atomic E-state index is 0.0493. The highest BCUT2D eigenvalue weighted by molar-refractivity contribution is 5.84. The van der Waals surface area contributed by atoms with Crippen LogP contribution in [-0.2, 0) is 11.3 Å². The van der Waals surface area contributed by atoms with Gasteiger partial charge in [0.25, 0.3) is 0 Å². The van der Waals surface area contributed by atoms with E-state index in [4.69, 9.17) is 4.74 Å². The van der Waals surface area contributed by atoms with Crippen LogP contribution in [0, 0.1) is 0 Å². The zero-order chi connectivity index (χ0) is 13.7. The molecule has 1 aromatic carbocycles. The monoisotopic (exact) mass is 260 g/mol. The molecule has 4 heteroatoms. The molecule has 0 aliphatic rings. The molecule has 0 fully saturated rings. The van der Waals surface area contributed by atoms with Crippen LogP contribution in [0.3, 0.4) is 0 Å². The molecule has 2 aromatic rings. The Labute approximate surface area is 113 Å². The number of fused-ring (bicyclic) bond motifs is 1. The van der Waals surface area contributed by atoms with Gasteiger partial charge in [0.05, 0.1) is 6.61 Å². The van der Waals surface area contributed by atoms with Crippen LogP contribution < -0.4 is 10.1 Å². The quantitative estimate of drug-likeness (QED) is 0.867. The molecular formula is C15H20N2O2. The van der Waals surface area contributed by atoms with E-state index < -0.39 is 0 Å². The molecule has 1 heterocycles. The van der Waals surface area contributed by atoms with Gasteiger partial charge in [-0.1, -0.05) is 6.92 Å². The Bertz CT molecular complexity index is 560. The van der Waals surface area contributed by atoms with Gasteiger partial charge < -0.3 is 14.6 Å². The lowest BCUT2D eigenvalue weighted by molar-refractivity contribution is -0.121. The average molecular weight is 260 g/mol. The third-order valence-corrected chi connectivity index (χ3v) is 2.94. The highest BCUT2D eigenvalue weighted by Crippen LogP contribution is 2.22. The lowest BCUT2D eigenvalue weighted by Crippen LogP contribution is -2.27. The summed E-state index contributed by atoms with van der Waals surface area (Å²) in [6.45, 7) is 5.75. The van der Waals surface area contributed by atoms with E-state index in [0.29, 0.717) is 13.2 Å². The molecule has 0 unspecified atom stereocenters. The zero-order valence-corrected chi connectivity index (χ0v) is 11.5. The largest absolute Gasteiger partial charge is 0.494 e. The summed E-state index contributed by atoms with van der Waals surface area (Å²) in [5, 5.41) is 3.97. The second-order valence-electron chi connectivity index (χ2n) is 4.45. The maximum absolute atomic E-state index is 11.7. The first kappa shape index (κ1) is 13.5. The predicted octanol–water partition coefficient (Wildman–Crippen LogP) is 2.57. The van der Waals surface area contributed by atoms with Crippen molar-refractivity contribution >= 4 is 16.8 Å². The molecule has 0 aliphatic carbocycles. The van der Waals surface area contributed by atoms with E-state index in [1.807, 2.05) is 48.9 Å². The fourth-order valence-electron chi connectivity index (χ4n) is 2.05. The third-order valence-electron chi connectivity index (χ3n) is 2.94. The van der Waals surface area contributed by atoms with Gasteiger partial charge in [-0.3, -0.25) is 4.79 Å². The first-order valence-electron chi connectivity index (χ1n) is 6.73. The number of hydrogen-bond acceptors (Lipinski definition) is 2. The van der Waals surface area contributed by atoms with E-state index in [1.54, 1.807) is 0 Å². The summed E-state index contributed by atoms with van der Waals surface area (Å²) >= 11 is 0. The van der Waals surface area contributed by atoms with Gasteiger partial charge in [0.15, 0.2) is 0 Å². The number of aromatic nitrogens is 1. The molecule has 102 valence electrons. The first-order chi connectivity index (χ1) is 9.24. The van der Waals surface area contributed by atoms with Gasteiger partial charge in [-0.25, -0.2) is 0 Å². The van der Waals surface area contributed by atoms with Crippen molar-refractivity contribution in [2.75, 3.05) is 13.2 Å². The standard InChI is InChI=1S/C15H20N2O2/c1-3-8-16-15(18)11-17-9-7-12-10-13(19-4-2)5-6-14(12)17/h5-7,9-10H,3-4,8,11H2,1-2H3,(H,16,18). The molecule has 1 N–H and O–H groups in total. The lowest BCUT2D eigenvalue weighted by Gasteiger charge is -2.07. The van der Waals surface area contributed by atoms with Gasteiger partial charge >= 0.3 is 0 Å². The predicted molar refractivity (Wildman–Crippen MR) is 76.4 cm³/mol. The van der Waals surface area contributed by atoms with Gasteiger partial charge in [-0.15, -0.1) is 0 Å². The minimum atomic E-state index is 0.0493. The molecule has 0 saturated carbocycles. The number of carbonyl (C=O) groups is 1. The van der Waals surface area contributed by atoms with E-state index >= 15 is 0 Å². The van der Waals surface area contributed by atoms with Crippen LogP contribution >= 0.6 is 0 Å². The third kappa shape index (κ3) is 3.28. The Morgan fingerprint density at radius 2 is 2.16 bits per heavy atom. The summed E-state index contributed by atoms with van der Waals surface area (Å²) in [4.78, 5) is 11.7. The molecule has 0 bridgehead atoms. The summed E-state index contributed by atoms with van der Waals surface area (Å²) < 4.78 is 7.42. The molecule has 0 saturated heterocycles. The zero-order valence-electron chi connectivity index (χ0n) is 11.5.